The minimum Gasteiger partial charge on any atom is -0.478 e. The second-order valence-corrected chi connectivity index (χ2v) is 1.49. The maximum atomic E-state index is 10.4. The molecule has 0 spiro atoms. The van der Waals surface area contributed by atoms with Gasteiger partial charge in [0.25, 0.3) is 0 Å². The van der Waals surface area contributed by atoms with Crippen molar-refractivity contribution in [1.29, 1.82) is 0 Å². The predicted octanol–water partition coefficient (Wildman–Crippen LogP) is 0.606. The SMILES string of the molecule is CCC(=O)C=CC(=O)O. The molecular formula is C6H8O3. The highest BCUT2D eigenvalue weighted by atomic mass is 16.4. The third-order valence-corrected chi connectivity index (χ3v) is 0.760. The second-order valence-electron chi connectivity index (χ2n) is 1.49. The van der Waals surface area contributed by atoms with Crippen LogP contribution in [0.25, 0.3) is 0 Å². The van der Waals surface area contributed by atoms with E-state index in [2.05, 4.69) is 0 Å². The number of carbonyl (C=O) groups is 2. The van der Waals surface area contributed by atoms with Crippen LogP contribution in [0, 0.1) is 0 Å². The van der Waals surface area contributed by atoms with E-state index >= 15 is 0 Å². The van der Waals surface area contributed by atoms with Gasteiger partial charge in [0.15, 0.2) is 5.78 Å². The molecule has 3 heteroatoms. The molecule has 1 N–H and O–H groups in total. The molecule has 0 saturated carbocycles. The summed E-state index contributed by atoms with van der Waals surface area (Å²) < 4.78 is 0. The van der Waals surface area contributed by atoms with Crippen molar-refractivity contribution in [3.05, 3.63) is 12.2 Å². The van der Waals surface area contributed by atoms with Crippen LogP contribution in [0.1, 0.15) is 13.3 Å². The first kappa shape index (κ1) is 7.88. The number of hydrogen-bond donors (Lipinski definition) is 1. The highest BCUT2D eigenvalue weighted by molar-refractivity contribution is 5.94. The summed E-state index contributed by atoms with van der Waals surface area (Å²) in [6.07, 6.45) is 2.25. The van der Waals surface area contributed by atoms with Gasteiger partial charge in [0.05, 0.1) is 0 Å². The maximum Gasteiger partial charge on any atom is 0.328 e. The fourth-order valence-corrected chi connectivity index (χ4v) is 0.282. The number of allylic oxidation sites excluding steroid dienone is 1. The van der Waals surface area contributed by atoms with Crippen LogP contribution in [0.2, 0.25) is 0 Å². The van der Waals surface area contributed by atoms with Gasteiger partial charge in [-0.25, -0.2) is 4.79 Å². The Morgan fingerprint density at radius 1 is 1.44 bits per heavy atom. The van der Waals surface area contributed by atoms with E-state index in [0.717, 1.165) is 12.2 Å². The van der Waals surface area contributed by atoms with Crippen LogP contribution in [0.5, 0.6) is 0 Å². The average Bonchev–Trinajstić information content (AvgIpc) is 1.83. The zero-order valence-electron chi connectivity index (χ0n) is 5.13. The fourth-order valence-electron chi connectivity index (χ4n) is 0.282. The molecule has 0 radical (unpaired) electrons. The van der Waals surface area contributed by atoms with E-state index in [0.29, 0.717) is 6.42 Å². The number of hydrogen-bond acceptors (Lipinski definition) is 2. The Hall–Kier alpha value is -1.12. The second kappa shape index (κ2) is 3.83. The topological polar surface area (TPSA) is 54.4 Å². The first-order valence-corrected chi connectivity index (χ1v) is 2.60. The molecule has 0 bridgehead atoms. The fraction of sp³-hybridized carbons (Fsp3) is 0.333. The molecule has 0 rings (SSSR count). The molecule has 0 saturated heterocycles. The molecule has 0 aromatic heterocycles. The van der Waals surface area contributed by atoms with Gasteiger partial charge in [-0.15, -0.1) is 0 Å². The van der Waals surface area contributed by atoms with Gasteiger partial charge in [0.2, 0.25) is 0 Å². The van der Waals surface area contributed by atoms with Crippen LogP contribution in [-0.2, 0) is 9.59 Å². The smallest absolute Gasteiger partial charge is 0.328 e. The molecule has 0 aromatic rings. The largest absolute Gasteiger partial charge is 0.478 e. The van der Waals surface area contributed by atoms with Gasteiger partial charge in [-0.1, -0.05) is 6.92 Å². The third kappa shape index (κ3) is 4.74. The molecule has 0 aliphatic carbocycles. The van der Waals surface area contributed by atoms with Crippen molar-refractivity contribution in [3.8, 4) is 0 Å². The highest BCUT2D eigenvalue weighted by Crippen LogP contribution is 1.82. The number of carbonyl (C=O) groups excluding carboxylic acids is 1. The van der Waals surface area contributed by atoms with E-state index in [-0.39, 0.29) is 5.78 Å². The summed E-state index contributed by atoms with van der Waals surface area (Å²) in [5.74, 6) is -1.26. The van der Waals surface area contributed by atoms with Crippen LogP contribution in [0.15, 0.2) is 12.2 Å². The molecule has 0 heterocycles. The minimum absolute atomic E-state index is 0.169. The van der Waals surface area contributed by atoms with Crippen molar-refractivity contribution in [2.45, 2.75) is 13.3 Å². The lowest BCUT2D eigenvalue weighted by Crippen LogP contribution is -1.92. The number of aliphatic carboxylic acids is 1. The van der Waals surface area contributed by atoms with Crippen molar-refractivity contribution in [3.63, 3.8) is 0 Å². The van der Waals surface area contributed by atoms with Crippen molar-refractivity contribution < 1.29 is 14.7 Å². The van der Waals surface area contributed by atoms with Gasteiger partial charge < -0.3 is 5.11 Å². The molecule has 3 nitrogen and oxygen atoms in total. The Kier molecular flexibility index (Phi) is 3.35. The lowest BCUT2D eigenvalue weighted by atomic mass is 10.3. The van der Waals surface area contributed by atoms with Gasteiger partial charge in [-0.05, 0) is 6.08 Å². The van der Waals surface area contributed by atoms with Crippen LogP contribution in [0.4, 0.5) is 0 Å². The molecule has 50 valence electrons. The highest BCUT2D eigenvalue weighted by Gasteiger charge is 1.90. The van der Waals surface area contributed by atoms with Crippen molar-refractivity contribution >= 4 is 11.8 Å². The maximum absolute atomic E-state index is 10.4. The third-order valence-electron chi connectivity index (χ3n) is 0.760. The zero-order valence-corrected chi connectivity index (χ0v) is 5.13. The minimum atomic E-state index is -1.09. The van der Waals surface area contributed by atoms with E-state index in [9.17, 15) is 9.59 Å². The Morgan fingerprint density at radius 3 is 2.33 bits per heavy atom. The summed E-state index contributed by atoms with van der Waals surface area (Å²) in [5, 5.41) is 8.02. The lowest BCUT2D eigenvalue weighted by molar-refractivity contribution is -0.131. The van der Waals surface area contributed by atoms with Crippen LogP contribution in [-0.4, -0.2) is 16.9 Å². The molecular weight excluding hydrogens is 120 g/mol. The summed E-state index contributed by atoms with van der Waals surface area (Å²) in [7, 11) is 0. The summed E-state index contributed by atoms with van der Waals surface area (Å²) in [4.78, 5) is 20.1. The molecule has 0 unspecified atom stereocenters. The molecule has 0 amide bonds. The van der Waals surface area contributed by atoms with E-state index in [4.69, 9.17) is 5.11 Å². The number of ketones is 1. The quantitative estimate of drug-likeness (QED) is 0.566. The van der Waals surface area contributed by atoms with Gasteiger partial charge in [0, 0.05) is 12.5 Å². The molecule has 0 atom stereocenters. The molecule has 0 aliphatic heterocycles. The van der Waals surface area contributed by atoms with Crippen molar-refractivity contribution in [2.24, 2.45) is 0 Å². The van der Waals surface area contributed by atoms with Gasteiger partial charge in [-0.2, -0.15) is 0 Å². The van der Waals surface area contributed by atoms with Crippen LogP contribution < -0.4 is 0 Å². The normalized spacial score (nSPS) is 9.89. The Labute approximate surface area is 53.0 Å². The standard InChI is InChI=1S/C6H8O3/c1-2-5(7)3-4-6(8)9/h3-4H,2H2,1H3,(H,8,9). The van der Waals surface area contributed by atoms with Gasteiger partial charge >= 0.3 is 5.97 Å². The number of carboxylic acid groups (broad SMARTS) is 1. The monoisotopic (exact) mass is 128 g/mol. The Bertz CT molecular complexity index is 146. The summed E-state index contributed by atoms with van der Waals surface area (Å²) >= 11 is 0. The molecule has 0 fully saturated rings. The molecule has 9 heavy (non-hydrogen) atoms. The molecule has 0 aromatic carbocycles. The van der Waals surface area contributed by atoms with Crippen molar-refractivity contribution in [2.75, 3.05) is 0 Å². The van der Waals surface area contributed by atoms with E-state index in [1.54, 1.807) is 6.92 Å². The summed E-state index contributed by atoms with van der Waals surface area (Å²) in [6.45, 7) is 1.68. The Morgan fingerprint density at radius 2 is 2.00 bits per heavy atom. The first-order valence-electron chi connectivity index (χ1n) is 2.60. The lowest BCUT2D eigenvalue weighted by Gasteiger charge is -1.80. The summed E-state index contributed by atoms with van der Waals surface area (Å²) in [6, 6.07) is 0. The first-order chi connectivity index (χ1) is 4.16. The summed E-state index contributed by atoms with van der Waals surface area (Å²) in [5.41, 5.74) is 0. The average molecular weight is 128 g/mol. The molecule has 0 aliphatic rings. The predicted molar refractivity (Wildman–Crippen MR) is 32.1 cm³/mol. The van der Waals surface area contributed by atoms with Crippen LogP contribution >= 0.6 is 0 Å². The van der Waals surface area contributed by atoms with Crippen molar-refractivity contribution in [1.82, 2.24) is 0 Å². The van der Waals surface area contributed by atoms with E-state index < -0.39 is 5.97 Å². The Balaban J connectivity index is 3.71. The van der Waals surface area contributed by atoms with Gasteiger partial charge in [0.1, 0.15) is 0 Å². The van der Waals surface area contributed by atoms with Crippen LogP contribution in [0.3, 0.4) is 0 Å². The van der Waals surface area contributed by atoms with Gasteiger partial charge in [-0.3, -0.25) is 4.79 Å². The number of rotatable bonds is 3. The van der Waals surface area contributed by atoms with E-state index in [1.807, 2.05) is 0 Å². The van der Waals surface area contributed by atoms with E-state index in [1.165, 1.54) is 0 Å². The number of carboxylic acids is 1. The zero-order chi connectivity index (χ0) is 7.28.